The Morgan fingerprint density at radius 2 is 2.05 bits per heavy atom. The van der Waals surface area contributed by atoms with E-state index in [9.17, 15) is 0 Å². The predicted octanol–water partition coefficient (Wildman–Crippen LogP) is 4.58. The second-order valence-electron chi connectivity index (χ2n) is 5.87. The molecule has 1 aromatic heterocycles. The summed E-state index contributed by atoms with van der Waals surface area (Å²) in [5.74, 6) is 1.42. The van der Waals surface area contributed by atoms with E-state index in [1.165, 1.54) is 37.9 Å². The van der Waals surface area contributed by atoms with Crippen molar-refractivity contribution >= 4 is 38.6 Å². The SMILES string of the molecule is CC(CN1CCCCC1)n1c(CCl)nc2cc(Br)ccc21. The van der Waals surface area contributed by atoms with Gasteiger partial charge in [-0.05, 0) is 51.1 Å². The Labute approximate surface area is 139 Å². The van der Waals surface area contributed by atoms with E-state index in [-0.39, 0.29) is 0 Å². The van der Waals surface area contributed by atoms with Gasteiger partial charge in [0.05, 0.1) is 16.9 Å². The maximum Gasteiger partial charge on any atom is 0.125 e. The maximum atomic E-state index is 6.12. The molecular weight excluding hydrogens is 350 g/mol. The molecule has 0 amide bonds. The fraction of sp³-hybridized carbons (Fsp3) is 0.562. The molecule has 0 N–H and O–H groups in total. The lowest BCUT2D eigenvalue weighted by molar-refractivity contribution is 0.202. The monoisotopic (exact) mass is 369 g/mol. The molecule has 3 rings (SSSR count). The minimum atomic E-state index is 0.392. The molecule has 1 unspecified atom stereocenters. The molecule has 5 heteroatoms. The number of rotatable bonds is 4. The molecule has 0 radical (unpaired) electrons. The number of piperidine rings is 1. The highest BCUT2D eigenvalue weighted by atomic mass is 79.9. The van der Waals surface area contributed by atoms with Crippen LogP contribution in [0.3, 0.4) is 0 Å². The molecule has 2 heterocycles. The molecule has 21 heavy (non-hydrogen) atoms. The first kappa shape index (κ1) is 15.3. The summed E-state index contributed by atoms with van der Waals surface area (Å²) in [5.41, 5.74) is 2.20. The smallest absolute Gasteiger partial charge is 0.125 e. The number of hydrogen-bond acceptors (Lipinski definition) is 2. The number of imidazole rings is 1. The topological polar surface area (TPSA) is 21.1 Å². The van der Waals surface area contributed by atoms with E-state index < -0.39 is 0 Å². The molecule has 114 valence electrons. The van der Waals surface area contributed by atoms with Gasteiger partial charge >= 0.3 is 0 Å². The average molecular weight is 371 g/mol. The molecule has 1 aromatic carbocycles. The van der Waals surface area contributed by atoms with E-state index in [1.807, 2.05) is 0 Å². The lowest BCUT2D eigenvalue weighted by Gasteiger charge is -2.30. The zero-order valence-electron chi connectivity index (χ0n) is 12.4. The second-order valence-corrected chi connectivity index (χ2v) is 7.06. The van der Waals surface area contributed by atoms with Crippen LogP contribution in [-0.4, -0.2) is 34.1 Å². The van der Waals surface area contributed by atoms with Gasteiger partial charge in [-0.1, -0.05) is 22.4 Å². The van der Waals surface area contributed by atoms with Crippen molar-refractivity contribution in [2.24, 2.45) is 0 Å². The average Bonchev–Trinajstić information content (AvgIpc) is 2.85. The lowest BCUT2D eigenvalue weighted by atomic mass is 10.1. The third-order valence-electron chi connectivity index (χ3n) is 4.26. The van der Waals surface area contributed by atoms with Crippen molar-refractivity contribution in [2.45, 2.75) is 38.1 Å². The van der Waals surface area contributed by atoms with Gasteiger partial charge in [-0.25, -0.2) is 4.98 Å². The molecule has 1 aliphatic heterocycles. The molecule has 1 aliphatic rings. The third-order valence-corrected chi connectivity index (χ3v) is 4.99. The zero-order chi connectivity index (χ0) is 14.8. The van der Waals surface area contributed by atoms with Crippen molar-refractivity contribution in [1.29, 1.82) is 0 Å². The van der Waals surface area contributed by atoms with Gasteiger partial charge in [0.25, 0.3) is 0 Å². The van der Waals surface area contributed by atoms with Crippen LogP contribution in [0.15, 0.2) is 22.7 Å². The summed E-state index contributed by atoms with van der Waals surface area (Å²) in [5, 5.41) is 0. The van der Waals surface area contributed by atoms with Crippen LogP contribution >= 0.6 is 27.5 Å². The first-order valence-corrected chi connectivity index (χ1v) is 8.96. The van der Waals surface area contributed by atoms with Crippen molar-refractivity contribution in [2.75, 3.05) is 19.6 Å². The van der Waals surface area contributed by atoms with Gasteiger partial charge < -0.3 is 9.47 Å². The highest BCUT2D eigenvalue weighted by Gasteiger charge is 2.19. The van der Waals surface area contributed by atoms with Crippen LogP contribution < -0.4 is 0 Å². The van der Waals surface area contributed by atoms with Crippen LogP contribution in [0, 0.1) is 0 Å². The van der Waals surface area contributed by atoms with Crippen molar-refractivity contribution in [3.63, 3.8) is 0 Å². The second kappa shape index (κ2) is 6.67. The summed E-state index contributed by atoms with van der Waals surface area (Å²) in [6.45, 7) is 5.79. The van der Waals surface area contributed by atoms with Crippen LogP contribution in [0.2, 0.25) is 0 Å². The highest BCUT2D eigenvalue weighted by molar-refractivity contribution is 9.10. The maximum absolute atomic E-state index is 6.12. The van der Waals surface area contributed by atoms with Gasteiger partial charge in [0, 0.05) is 17.1 Å². The van der Waals surface area contributed by atoms with Crippen LogP contribution in [-0.2, 0) is 5.88 Å². The Hall–Kier alpha value is -0.580. The minimum Gasteiger partial charge on any atom is -0.323 e. The van der Waals surface area contributed by atoms with Gasteiger partial charge in [0.2, 0.25) is 0 Å². The summed E-state index contributed by atoms with van der Waals surface area (Å²) in [6.07, 6.45) is 4.03. The first-order valence-electron chi connectivity index (χ1n) is 7.63. The standard InChI is InChI=1S/C16H21BrClN3/c1-12(11-20-7-3-2-4-8-20)21-15-6-5-13(17)9-14(15)19-16(21)10-18/h5-6,9,12H,2-4,7-8,10-11H2,1H3. The van der Waals surface area contributed by atoms with Crippen molar-refractivity contribution in [3.05, 3.63) is 28.5 Å². The van der Waals surface area contributed by atoms with E-state index in [0.29, 0.717) is 11.9 Å². The fourth-order valence-electron chi connectivity index (χ4n) is 3.31. The first-order chi connectivity index (χ1) is 10.2. The Morgan fingerprint density at radius 1 is 1.29 bits per heavy atom. The summed E-state index contributed by atoms with van der Waals surface area (Å²) >= 11 is 9.64. The summed E-state index contributed by atoms with van der Waals surface area (Å²) in [7, 11) is 0. The Morgan fingerprint density at radius 3 is 2.76 bits per heavy atom. The molecule has 1 atom stereocenters. The van der Waals surface area contributed by atoms with Crippen LogP contribution in [0.4, 0.5) is 0 Å². The molecule has 1 saturated heterocycles. The van der Waals surface area contributed by atoms with E-state index in [0.717, 1.165) is 22.4 Å². The van der Waals surface area contributed by atoms with E-state index in [4.69, 9.17) is 11.6 Å². The number of nitrogens with zero attached hydrogens (tertiary/aromatic N) is 3. The van der Waals surface area contributed by atoms with E-state index >= 15 is 0 Å². The molecule has 1 fully saturated rings. The summed E-state index contributed by atoms with van der Waals surface area (Å²) < 4.78 is 3.37. The molecule has 3 nitrogen and oxygen atoms in total. The third kappa shape index (κ3) is 3.27. The molecule has 2 aromatic rings. The molecular formula is C16H21BrClN3. The Kier molecular flexibility index (Phi) is 4.87. The number of aromatic nitrogens is 2. The normalized spacial score (nSPS) is 18.2. The number of likely N-dealkylation sites (tertiary alicyclic amines) is 1. The van der Waals surface area contributed by atoms with Crippen LogP contribution in [0.25, 0.3) is 11.0 Å². The van der Waals surface area contributed by atoms with Crippen molar-refractivity contribution in [1.82, 2.24) is 14.5 Å². The highest BCUT2D eigenvalue weighted by Crippen LogP contribution is 2.26. The number of halogens is 2. The van der Waals surface area contributed by atoms with E-state index in [2.05, 4.69) is 55.5 Å². The largest absolute Gasteiger partial charge is 0.323 e. The summed E-state index contributed by atoms with van der Waals surface area (Å²) in [6, 6.07) is 6.67. The molecule has 0 saturated carbocycles. The molecule has 0 bridgehead atoms. The van der Waals surface area contributed by atoms with Crippen LogP contribution in [0.1, 0.15) is 38.1 Å². The Balaban J connectivity index is 1.90. The Bertz CT molecular complexity index is 619. The van der Waals surface area contributed by atoms with Gasteiger partial charge in [-0.2, -0.15) is 0 Å². The van der Waals surface area contributed by atoms with Gasteiger partial charge in [-0.15, -0.1) is 11.6 Å². The lowest BCUT2D eigenvalue weighted by Crippen LogP contribution is -2.34. The van der Waals surface area contributed by atoms with Gasteiger partial charge in [0.15, 0.2) is 0 Å². The fourth-order valence-corrected chi connectivity index (χ4v) is 3.84. The van der Waals surface area contributed by atoms with Crippen molar-refractivity contribution < 1.29 is 0 Å². The number of fused-ring (bicyclic) bond motifs is 1. The number of alkyl halides is 1. The number of benzene rings is 1. The zero-order valence-corrected chi connectivity index (χ0v) is 14.7. The quantitative estimate of drug-likeness (QED) is 0.734. The van der Waals surface area contributed by atoms with Crippen molar-refractivity contribution in [3.8, 4) is 0 Å². The molecule has 0 spiro atoms. The summed E-state index contributed by atoms with van der Waals surface area (Å²) in [4.78, 5) is 7.25. The number of hydrogen-bond donors (Lipinski definition) is 0. The minimum absolute atomic E-state index is 0.392. The van der Waals surface area contributed by atoms with Crippen LogP contribution in [0.5, 0.6) is 0 Å². The van der Waals surface area contributed by atoms with Gasteiger partial charge in [0.1, 0.15) is 5.82 Å². The predicted molar refractivity (Wildman–Crippen MR) is 92.0 cm³/mol. The van der Waals surface area contributed by atoms with E-state index in [1.54, 1.807) is 0 Å². The van der Waals surface area contributed by atoms with Gasteiger partial charge in [-0.3, -0.25) is 0 Å². The molecule has 0 aliphatic carbocycles.